The third-order valence-electron chi connectivity index (χ3n) is 16.2. The fraction of sp³-hybridized carbons (Fsp3) is 0.0526. The Labute approximate surface area is 469 Å². The first kappa shape index (κ1) is 48.2. The van der Waals surface area contributed by atoms with Gasteiger partial charge in [0, 0.05) is 67.9 Å². The van der Waals surface area contributed by atoms with Gasteiger partial charge in [0.05, 0.1) is 17.1 Å². The van der Waals surface area contributed by atoms with Gasteiger partial charge in [0.2, 0.25) is 0 Å². The van der Waals surface area contributed by atoms with Crippen LogP contribution in [0.1, 0.15) is 29.5 Å². The number of nitrogens with zero attached hydrogens (tertiary/aromatic N) is 4. The third-order valence-corrected chi connectivity index (χ3v) is 16.2. The Morgan fingerprint density at radius 1 is 0.425 bits per heavy atom. The van der Waals surface area contributed by atoms with Gasteiger partial charge in [0.25, 0.3) is 0 Å². The molecule has 12 aromatic rings. The lowest BCUT2D eigenvalue weighted by atomic mass is 9.88. The van der Waals surface area contributed by atoms with Gasteiger partial charge in [0.15, 0.2) is 0 Å². The van der Waals surface area contributed by atoms with Crippen molar-refractivity contribution in [3.05, 3.63) is 320 Å². The smallest absolute Gasteiger partial charge is 0.0631 e. The summed E-state index contributed by atoms with van der Waals surface area (Å²) < 4.78 is 2.40. The molecule has 0 saturated carbocycles. The maximum absolute atomic E-state index is 3.98. The van der Waals surface area contributed by atoms with E-state index < -0.39 is 0 Å². The Balaban J connectivity index is 0.805. The van der Waals surface area contributed by atoms with Crippen molar-refractivity contribution < 1.29 is 0 Å². The molecule has 0 saturated heterocycles. The van der Waals surface area contributed by atoms with Crippen molar-refractivity contribution in [2.24, 2.45) is 0 Å². The molecule has 0 fully saturated rings. The molecule has 0 spiro atoms. The number of hydrogen-bond acceptors (Lipinski definition) is 3. The normalized spacial score (nSPS) is 14.4. The number of aromatic nitrogens is 1. The van der Waals surface area contributed by atoms with Crippen LogP contribution in [-0.2, 0) is 6.42 Å². The van der Waals surface area contributed by atoms with Gasteiger partial charge >= 0.3 is 0 Å². The molecule has 1 aromatic heterocycles. The van der Waals surface area contributed by atoms with Crippen LogP contribution in [0.2, 0.25) is 0 Å². The molecule has 4 heteroatoms. The summed E-state index contributed by atoms with van der Waals surface area (Å²) in [7, 11) is 0. The molecule has 2 heterocycles. The van der Waals surface area contributed by atoms with Gasteiger partial charge in [-0.15, -0.1) is 0 Å². The number of hydrogen-bond donors (Lipinski definition) is 0. The zero-order chi connectivity index (χ0) is 53.5. The average Bonchev–Trinajstić information content (AvgIpc) is 4.15. The van der Waals surface area contributed by atoms with Gasteiger partial charge < -0.3 is 19.3 Å². The second-order valence-electron chi connectivity index (χ2n) is 20.9. The minimum Gasteiger partial charge on any atom is -0.333 e. The van der Waals surface area contributed by atoms with Crippen molar-refractivity contribution in [2.75, 3.05) is 14.7 Å². The monoisotopic (exact) mass is 1030 g/mol. The summed E-state index contributed by atoms with van der Waals surface area (Å²) in [5, 5.41) is 2.43. The predicted octanol–water partition coefficient (Wildman–Crippen LogP) is 20.4. The van der Waals surface area contributed by atoms with E-state index in [9.17, 15) is 0 Å². The van der Waals surface area contributed by atoms with Crippen LogP contribution in [0.3, 0.4) is 0 Å². The Morgan fingerprint density at radius 3 is 1.50 bits per heavy atom. The van der Waals surface area contributed by atoms with Crippen molar-refractivity contribution in [1.29, 1.82) is 0 Å². The number of rotatable bonds is 13. The molecule has 11 aromatic carbocycles. The van der Waals surface area contributed by atoms with Crippen LogP contribution in [0.4, 0.5) is 39.8 Å². The number of benzene rings is 11. The van der Waals surface area contributed by atoms with Gasteiger partial charge in [-0.2, -0.15) is 0 Å². The molecule has 382 valence electrons. The Hall–Kier alpha value is -10.2. The first-order valence-electron chi connectivity index (χ1n) is 27.8. The molecule has 2 atom stereocenters. The van der Waals surface area contributed by atoms with E-state index >= 15 is 0 Å². The van der Waals surface area contributed by atoms with Crippen molar-refractivity contribution in [3.63, 3.8) is 0 Å². The molecule has 4 nitrogen and oxygen atoms in total. The predicted molar refractivity (Wildman–Crippen MR) is 339 cm³/mol. The van der Waals surface area contributed by atoms with E-state index in [1.165, 1.54) is 66.6 Å². The summed E-state index contributed by atoms with van der Waals surface area (Å²) in [4.78, 5) is 7.29. The third kappa shape index (κ3) is 8.78. The first-order chi connectivity index (χ1) is 39.6. The fourth-order valence-electron chi connectivity index (χ4n) is 12.2. The highest BCUT2D eigenvalue weighted by atomic mass is 15.2. The highest BCUT2D eigenvalue weighted by Gasteiger charge is 2.39. The lowest BCUT2D eigenvalue weighted by molar-refractivity contribution is 0.736. The second kappa shape index (κ2) is 20.7. The highest BCUT2D eigenvalue weighted by molar-refractivity contribution is 6.12. The van der Waals surface area contributed by atoms with Crippen LogP contribution in [0.15, 0.2) is 303 Å². The Kier molecular flexibility index (Phi) is 12.5. The van der Waals surface area contributed by atoms with E-state index in [0.29, 0.717) is 0 Å². The van der Waals surface area contributed by atoms with Crippen molar-refractivity contribution >= 4 is 67.7 Å². The van der Waals surface area contributed by atoms with E-state index in [-0.39, 0.29) is 12.0 Å². The number of allylic oxidation sites excluding steroid dienone is 1. The molecule has 1 aliphatic carbocycles. The standard InChI is InChI=1S/C76H58N4/c1-3-53-25-29-57(30-26-53)59-37-45-73-69(49-59)71-51-67(43-47-75(71)79(73)63-21-13-7-14-22-63)77(61-17-9-5-10-18-61)65-39-33-55(34-40-65)56-35-41-66(42-36-56)78(62-19-11-6-12-20-62)68-44-48-76-72(52-68)70-50-60(58-31-27-54(4-2)28-32-58)38-46-74(70)80(76)64-23-15-8-16-24-64/h3,5-52,71,75H,1,4H2,2H3. The zero-order valence-corrected chi connectivity index (χ0v) is 44.6. The molecule has 2 unspecified atom stereocenters. The maximum atomic E-state index is 3.98. The van der Waals surface area contributed by atoms with Gasteiger partial charge in [-0.25, -0.2) is 0 Å². The summed E-state index contributed by atoms with van der Waals surface area (Å²) >= 11 is 0. The molecule has 0 amide bonds. The zero-order valence-electron chi connectivity index (χ0n) is 44.6. The molecule has 14 rings (SSSR count). The van der Waals surface area contributed by atoms with Crippen molar-refractivity contribution in [2.45, 2.75) is 25.3 Å². The lowest BCUT2D eigenvalue weighted by Crippen LogP contribution is -2.30. The van der Waals surface area contributed by atoms with Gasteiger partial charge in [-0.1, -0.05) is 189 Å². The van der Waals surface area contributed by atoms with Gasteiger partial charge in [-0.05, 0) is 178 Å². The molecule has 0 N–H and O–H groups in total. The summed E-state index contributed by atoms with van der Waals surface area (Å²) in [5.74, 6) is 0.121. The van der Waals surface area contributed by atoms with E-state index in [1.54, 1.807) is 0 Å². The summed E-state index contributed by atoms with van der Waals surface area (Å²) in [6.07, 6.45) is 10.1. The quantitative estimate of drug-likeness (QED) is 0.114. The maximum Gasteiger partial charge on any atom is 0.0631 e. The number of fused-ring (bicyclic) bond motifs is 6. The Morgan fingerprint density at radius 2 is 0.887 bits per heavy atom. The largest absolute Gasteiger partial charge is 0.333 e. The first-order valence-corrected chi connectivity index (χ1v) is 27.8. The molecule has 1 aliphatic heterocycles. The molecule has 0 bridgehead atoms. The lowest BCUT2D eigenvalue weighted by Gasteiger charge is -2.33. The number of anilines is 7. The molecule has 2 aliphatic rings. The van der Waals surface area contributed by atoms with Gasteiger partial charge in [0.1, 0.15) is 0 Å². The van der Waals surface area contributed by atoms with E-state index in [1.807, 2.05) is 6.08 Å². The number of aryl methyl sites for hydroxylation is 1. The molecule has 0 radical (unpaired) electrons. The van der Waals surface area contributed by atoms with E-state index in [0.717, 1.165) is 62.9 Å². The minimum absolute atomic E-state index is 0.121. The van der Waals surface area contributed by atoms with Gasteiger partial charge in [-0.3, -0.25) is 0 Å². The minimum atomic E-state index is 0.121. The van der Waals surface area contributed by atoms with Crippen molar-refractivity contribution in [1.82, 2.24) is 4.57 Å². The second-order valence-corrected chi connectivity index (χ2v) is 20.9. The van der Waals surface area contributed by atoms with E-state index in [2.05, 4.69) is 324 Å². The fourth-order valence-corrected chi connectivity index (χ4v) is 12.2. The van der Waals surface area contributed by atoms with Crippen LogP contribution < -0.4 is 14.7 Å². The summed E-state index contributed by atoms with van der Waals surface area (Å²) in [6, 6.07) is 99.8. The molecular weight excluding hydrogens is 969 g/mol. The summed E-state index contributed by atoms with van der Waals surface area (Å²) in [6.45, 7) is 6.18. The van der Waals surface area contributed by atoms with Crippen LogP contribution >= 0.6 is 0 Å². The highest BCUT2D eigenvalue weighted by Crippen LogP contribution is 2.51. The van der Waals surface area contributed by atoms with Crippen LogP contribution in [-0.4, -0.2) is 10.6 Å². The van der Waals surface area contributed by atoms with Crippen molar-refractivity contribution in [3.8, 4) is 39.1 Å². The average molecular weight is 1030 g/mol. The summed E-state index contributed by atoms with van der Waals surface area (Å²) in [5.41, 5.74) is 23.5. The van der Waals surface area contributed by atoms with Crippen LogP contribution in [0.5, 0.6) is 0 Å². The van der Waals surface area contributed by atoms with E-state index in [4.69, 9.17) is 0 Å². The molecular formula is C76H58N4. The van der Waals surface area contributed by atoms with Crippen LogP contribution in [0.25, 0.3) is 66.9 Å². The molecule has 80 heavy (non-hydrogen) atoms. The Bertz CT molecular complexity index is 4260. The topological polar surface area (TPSA) is 14.7 Å². The SMILES string of the molecule is C=Cc1ccc(-c2ccc3c(c2)C2C=C(N(c4ccccc4)c4ccc(-c5ccc(N(c6ccccc6)c6ccc7c(c6)c6cc(-c8ccc(CC)cc8)ccc6n7-c6ccccc6)cc5)cc4)C=CC2N3c2ccccc2)cc1. The number of para-hydroxylation sites is 4. The van der Waals surface area contributed by atoms with Crippen LogP contribution in [0, 0.1) is 0 Å².